The lowest BCUT2D eigenvalue weighted by molar-refractivity contribution is 0.318. The molecule has 0 atom stereocenters. The summed E-state index contributed by atoms with van der Waals surface area (Å²) in [5.41, 5.74) is 1.84. The maximum Gasteiger partial charge on any atom is 0.308 e. The highest BCUT2D eigenvalue weighted by atomic mass is 32.2. The Bertz CT molecular complexity index is 1160. The Kier molecular flexibility index (Phi) is 6.45. The van der Waals surface area contributed by atoms with Crippen molar-refractivity contribution in [2.75, 3.05) is 13.2 Å². The van der Waals surface area contributed by atoms with Gasteiger partial charge in [-0.25, -0.2) is 13.1 Å². The molecule has 0 fully saturated rings. The maximum absolute atomic E-state index is 12.6. The van der Waals surface area contributed by atoms with E-state index in [1.54, 1.807) is 16.7 Å². The van der Waals surface area contributed by atoms with E-state index in [0.717, 1.165) is 28.2 Å². The number of benzene rings is 2. The van der Waals surface area contributed by atoms with Crippen molar-refractivity contribution < 1.29 is 13.2 Å². The van der Waals surface area contributed by atoms with E-state index in [1.807, 2.05) is 38.1 Å². The third kappa shape index (κ3) is 4.71. The maximum atomic E-state index is 12.6. The second kappa shape index (κ2) is 8.69. The number of nitrogens with one attached hydrogen (secondary N) is 1. The molecule has 6 nitrogen and oxygen atoms in total. The van der Waals surface area contributed by atoms with E-state index in [4.69, 9.17) is 4.74 Å². The molecule has 0 aliphatic carbocycles. The number of para-hydroxylation sites is 1. The van der Waals surface area contributed by atoms with Crippen LogP contribution in [0.1, 0.15) is 45.2 Å². The summed E-state index contributed by atoms with van der Waals surface area (Å²) in [6.45, 7) is 8.40. The zero-order valence-electron chi connectivity index (χ0n) is 17.0. The number of fused-ring (bicyclic) bond motifs is 1. The van der Waals surface area contributed by atoms with Crippen LogP contribution in [0.15, 0.2) is 52.2 Å². The Hall–Kier alpha value is -2.16. The summed E-state index contributed by atoms with van der Waals surface area (Å²) in [7, 11) is -3.69. The summed E-state index contributed by atoms with van der Waals surface area (Å²) >= 11 is 1.06. The van der Waals surface area contributed by atoms with E-state index in [1.165, 1.54) is 6.07 Å². The Morgan fingerprint density at radius 3 is 2.52 bits per heavy atom. The third-order valence-corrected chi connectivity index (χ3v) is 6.98. The van der Waals surface area contributed by atoms with Crippen LogP contribution >= 0.6 is 11.3 Å². The average molecular weight is 435 g/mol. The summed E-state index contributed by atoms with van der Waals surface area (Å²) in [6.07, 6.45) is 0. The topological polar surface area (TPSA) is 77.4 Å². The summed E-state index contributed by atoms with van der Waals surface area (Å²) in [5.74, 6) is 1.09. The molecule has 3 rings (SSSR count). The van der Waals surface area contributed by atoms with Gasteiger partial charge in [-0.1, -0.05) is 43.4 Å². The number of rotatable bonds is 8. The van der Waals surface area contributed by atoms with Crippen molar-refractivity contribution in [3.05, 3.63) is 57.7 Å². The molecule has 3 aromatic rings. The number of aromatic nitrogens is 1. The lowest BCUT2D eigenvalue weighted by Gasteiger charge is -2.14. The quantitative estimate of drug-likeness (QED) is 0.541. The first-order valence-electron chi connectivity index (χ1n) is 9.57. The highest BCUT2D eigenvalue weighted by Gasteiger charge is 2.17. The Balaban J connectivity index is 1.70. The van der Waals surface area contributed by atoms with Crippen LogP contribution in [0.25, 0.3) is 10.2 Å². The van der Waals surface area contributed by atoms with Crippen molar-refractivity contribution in [2.45, 2.75) is 44.6 Å². The van der Waals surface area contributed by atoms with Crippen molar-refractivity contribution in [1.82, 2.24) is 9.29 Å². The largest absolute Gasteiger partial charge is 0.492 e. The molecule has 2 aromatic carbocycles. The molecule has 0 saturated carbocycles. The molecule has 29 heavy (non-hydrogen) atoms. The normalized spacial score (nSPS) is 12.2. The highest BCUT2D eigenvalue weighted by Crippen LogP contribution is 2.26. The van der Waals surface area contributed by atoms with Gasteiger partial charge in [0.2, 0.25) is 10.0 Å². The molecular formula is C21H26N2O4S2. The van der Waals surface area contributed by atoms with E-state index in [2.05, 4.69) is 18.6 Å². The van der Waals surface area contributed by atoms with Crippen molar-refractivity contribution in [3.8, 4) is 5.75 Å². The van der Waals surface area contributed by atoms with Gasteiger partial charge in [0, 0.05) is 12.6 Å². The minimum atomic E-state index is -3.69. The monoisotopic (exact) mass is 434 g/mol. The fraction of sp³-hybridized carbons (Fsp3) is 0.381. The van der Waals surface area contributed by atoms with Crippen LogP contribution in [-0.4, -0.2) is 26.1 Å². The van der Waals surface area contributed by atoms with Gasteiger partial charge in [0.05, 0.1) is 15.1 Å². The Morgan fingerprint density at radius 2 is 1.83 bits per heavy atom. The average Bonchev–Trinajstić information content (AvgIpc) is 3.00. The predicted molar refractivity (Wildman–Crippen MR) is 118 cm³/mol. The number of ether oxygens (including phenoxy) is 1. The molecule has 1 heterocycles. The predicted octanol–water partition coefficient (Wildman–Crippen LogP) is 4.12. The number of sulfonamides is 1. The molecule has 0 amide bonds. The number of thiazole rings is 1. The SMILES string of the molecule is CC(C)c1ccccc1OCCNS(=O)(=O)c1ccc2c(c1)sc(=O)n2C(C)C. The second-order valence-corrected chi connectivity index (χ2v) is 10.2. The van der Waals surface area contributed by atoms with E-state index in [-0.39, 0.29) is 29.0 Å². The summed E-state index contributed by atoms with van der Waals surface area (Å²) < 4.78 is 36.0. The van der Waals surface area contributed by atoms with Crippen LogP contribution < -0.4 is 14.3 Å². The van der Waals surface area contributed by atoms with Crippen LogP contribution in [0.4, 0.5) is 0 Å². The molecule has 1 aromatic heterocycles. The molecule has 0 aliphatic rings. The first-order valence-corrected chi connectivity index (χ1v) is 11.9. The van der Waals surface area contributed by atoms with Gasteiger partial charge in [0.1, 0.15) is 12.4 Å². The third-order valence-electron chi connectivity index (χ3n) is 4.60. The first kappa shape index (κ1) is 21.5. The van der Waals surface area contributed by atoms with Gasteiger partial charge >= 0.3 is 4.87 Å². The lowest BCUT2D eigenvalue weighted by atomic mass is 10.0. The first-order chi connectivity index (χ1) is 13.7. The van der Waals surface area contributed by atoms with Crippen LogP contribution in [0.2, 0.25) is 0 Å². The molecule has 0 bridgehead atoms. The minimum Gasteiger partial charge on any atom is -0.492 e. The van der Waals surface area contributed by atoms with Gasteiger partial charge in [0.15, 0.2) is 0 Å². The van der Waals surface area contributed by atoms with E-state index < -0.39 is 10.0 Å². The molecule has 156 valence electrons. The lowest BCUT2D eigenvalue weighted by Crippen LogP contribution is -2.28. The summed E-state index contributed by atoms with van der Waals surface area (Å²) in [5, 5.41) is 0. The molecule has 0 unspecified atom stereocenters. The number of nitrogens with zero attached hydrogens (tertiary/aromatic N) is 1. The van der Waals surface area contributed by atoms with Crippen molar-refractivity contribution >= 4 is 31.6 Å². The van der Waals surface area contributed by atoms with Crippen LogP contribution in [0, 0.1) is 0 Å². The summed E-state index contributed by atoms with van der Waals surface area (Å²) in [6, 6.07) is 12.5. The van der Waals surface area contributed by atoms with Gasteiger partial charge in [-0.2, -0.15) is 0 Å². The van der Waals surface area contributed by atoms with Crippen LogP contribution in [0.3, 0.4) is 0 Å². The molecule has 0 radical (unpaired) electrons. The number of hydrogen-bond acceptors (Lipinski definition) is 5. The molecule has 8 heteroatoms. The van der Waals surface area contributed by atoms with Gasteiger partial charge < -0.3 is 4.74 Å². The standard InChI is InChI=1S/C21H26N2O4S2/c1-14(2)17-7-5-6-8-19(17)27-12-11-22-29(25,26)16-9-10-18-20(13-16)28-21(24)23(18)15(3)4/h5-10,13-15,22H,11-12H2,1-4H3. The summed E-state index contributed by atoms with van der Waals surface area (Å²) in [4.78, 5) is 12.2. The minimum absolute atomic E-state index is 0.0164. The van der Waals surface area contributed by atoms with E-state index in [9.17, 15) is 13.2 Å². The molecule has 0 aliphatic heterocycles. The smallest absolute Gasteiger partial charge is 0.308 e. The fourth-order valence-electron chi connectivity index (χ4n) is 3.18. The van der Waals surface area contributed by atoms with Crippen molar-refractivity contribution in [1.29, 1.82) is 0 Å². The second-order valence-electron chi connectivity index (χ2n) is 7.40. The molecular weight excluding hydrogens is 408 g/mol. The Morgan fingerprint density at radius 1 is 1.10 bits per heavy atom. The molecule has 0 spiro atoms. The molecule has 1 N–H and O–H groups in total. The van der Waals surface area contributed by atoms with Gasteiger partial charge in [-0.15, -0.1) is 0 Å². The van der Waals surface area contributed by atoms with E-state index in [0.29, 0.717) is 10.6 Å². The zero-order chi connectivity index (χ0) is 21.2. The van der Waals surface area contributed by atoms with Crippen LogP contribution in [0.5, 0.6) is 5.75 Å². The van der Waals surface area contributed by atoms with Crippen molar-refractivity contribution in [2.24, 2.45) is 0 Å². The zero-order valence-corrected chi connectivity index (χ0v) is 18.6. The van der Waals surface area contributed by atoms with Gasteiger partial charge in [-0.3, -0.25) is 9.36 Å². The van der Waals surface area contributed by atoms with Crippen LogP contribution in [-0.2, 0) is 10.0 Å². The molecule has 0 saturated heterocycles. The van der Waals surface area contributed by atoms with E-state index >= 15 is 0 Å². The Labute approximate surface area is 175 Å². The highest BCUT2D eigenvalue weighted by molar-refractivity contribution is 7.89. The number of hydrogen-bond donors (Lipinski definition) is 1. The van der Waals surface area contributed by atoms with Gasteiger partial charge in [-0.05, 0) is 49.6 Å². The fourth-order valence-corrected chi connectivity index (χ4v) is 5.35. The van der Waals surface area contributed by atoms with Gasteiger partial charge in [0.25, 0.3) is 0 Å². The van der Waals surface area contributed by atoms with Crippen molar-refractivity contribution in [3.63, 3.8) is 0 Å².